The van der Waals surface area contributed by atoms with Gasteiger partial charge in [-0.05, 0) is 30.9 Å². The maximum Gasteiger partial charge on any atom is 0.149 e. The molecular formula is C11H15N3. The van der Waals surface area contributed by atoms with Crippen molar-refractivity contribution in [3.63, 3.8) is 0 Å². The predicted octanol–water partition coefficient (Wildman–Crippen LogP) is 2.09. The van der Waals surface area contributed by atoms with Crippen LogP contribution in [0.5, 0.6) is 0 Å². The molecule has 14 heavy (non-hydrogen) atoms. The van der Waals surface area contributed by atoms with Gasteiger partial charge < -0.3 is 10.6 Å². The maximum absolute atomic E-state index is 4.37. The summed E-state index contributed by atoms with van der Waals surface area (Å²) < 4.78 is 0. The molecule has 3 nitrogen and oxygen atoms in total. The Balaban J connectivity index is 1.93. The number of hydrogen-bond acceptors (Lipinski definition) is 3. The molecule has 2 atom stereocenters. The van der Waals surface area contributed by atoms with E-state index in [4.69, 9.17) is 0 Å². The van der Waals surface area contributed by atoms with Gasteiger partial charge in [-0.3, -0.25) is 0 Å². The number of nitrogens with zero attached hydrogens (tertiary/aromatic N) is 1. The lowest BCUT2D eigenvalue weighted by Crippen LogP contribution is -2.25. The van der Waals surface area contributed by atoms with Gasteiger partial charge >= 0.3 is 0 Å². The van der Waals surface area contributed by atoms with E-state index in [0.29, 0.717) is 6.04 Å². The lowest BCUT2D eigenvalue weighted by Gasteiger charge is -2.16. The van der Waals surface area contributed by atoms with Crippen molar-refractivity contribution < 1.29 is 0 Å². The van der Waals surface area contributed by atoms with Crippen LogP contribution in [-0.2, 0) is 0 Å². The van der Waals surface area contributed by atoms with Crippen LogP contribution in [0.1, 0.15) is 19.3 Å². The molecule has 2 heterocycles. The second-order valence-corrected chi connectivity index (χ2v) is 4.22. The minimum absolute atomic E-state index is 0.638. The number of aromatic nitrogens is 1. The first-order chi connectivity index (χ1) is 6.93. The van der Waals surface area contributed by atoms with Crippen molar-refractivity contribution in [1.82, 2.24) is 4.98 Å². The molecule has 74 valence electrons. The van der Waals surface area contributed by atoms with Crippen LogP contribution in [0.2, 0.25) is 0 Å². The topological polar surface area (TPSA) is 37.0 Å². The molecular weight excluding hydrogens is 174 g/mol. The van der Waals surface area contributed by atoms with Gasteiger partial charge in [0, 0.05) is 18.8 Å². The van der Waals surface area contributed by atoms with Crippen LogP contribution < -0.4 is 10.6 Å². The van der Waals surface area contributed by atoms with Crippen LogP contribution in [-0.4, -0.2) is 17.6 Å². The van der Waals surface area contributed by atoms with E-state index in [-0.39, 0.29) is 0 Å². The average molecular weight is 189 g/mol. The van der Waals surface area contributed by atoms with Gasteiger partial charge in [-0.15, -0.1) is 0 Å². The molecule has 3 heteroatoms. The molecule has 1 saturated carbocycles. The Morgan fingerprint density at radius 1 is 1.36 bits per heavy atom. The first kappa shape index (κ1) is 8.09. The van der Waals surface area contributed by atoms with E-state index >= 15 is 0 Å². The van der Waals surface area contributed by atoms with E-state index in [1.807, 2.05) is 12.3 Å². The van der Waals surface area contributed by atoms with Crippen LogP contribution in [0.3, 0.4) is 0 Å². The molecule has 0 amide bonds. The van der Waals surface area contributed by atoms with E-state index < -0.39 is 0 Å². The highest BCUT2D eigenvalue weighted by Crippen LogP contribution is 2.33. The highest BCUT2D eigenvalue weighted by atomic mass is 15.1. The third-order valence-electron chi connectivity index (χ3n) is 3.34. The fourth-order valence-corrected chi connectivity index (χ4v) is 2.55. The molecule has 1 aliphatic carbocycles. The highest BCUT2D eigenvalue weighted by molar-refractivity contribution is 5.65. The fraction of sp³-hybridized carbons (Fsp3) is 0.545. The van der Waals surface area contributed by atoms with Crippen LogP contribution in [0, 0.1) is 5.92 Å². The summed E-state index contributed by atoms with van der Waals surface area (Å²) in [4.78, 5) is 4.37. The van der Waals surface area contributed by atoms with E-state index in [9.17, 15) is 0 Å². The van der Waals surface area contributed by atoms with Gasteiger partial charge in [-0.2, -0.15) is 0 Å². The lowest BCUT2D eigenvalue weighted by atomic mass is 10.0. The Labute approximate surface area is 83.9 Å². The Kier molecular flexibility index (Phi) is 1.82. The molecule has 1 aromatic heterocycles. The standard InChI is InChI=1S/C11H15N3/c1-3-8-7-13-10-5-2-6-12-11(10)14-9(8)4-1/h2,5-6,8-9,13H,1,3-4,7H2,(H,12,14). The third kappa shape index (κ3) is 1.24. The van der Waals surface area contributed by atoms with Gasteiger partial charge in [0.05, 0.1) is 5.69 Å². The SMILES string of the molecule is c1cnc2c(c1)NCC1CCCC1N2. The third-order valence-corrected chi connectivity index (χ3v) is 3.34. The second kappa shape index (κ2) is 3.15. The largest absolute Gasteiger partial charge is 0.382 e. The molecule has 0 saturated heterocycles. The van der Waals surface area contributed by atoms with Crippen LogP contribution in [0.4, 0.5) is 11.5 Å². The van der Waals surface area contributed by atoms with E-state index in [1.165, 1.54) is 19.3 Å². The molecule has 0 aromatic carbocycles. The summed E-state index contributed by atoms with van der Waals surface area (Å²) in [5, 5.41) is 7.02. The Bertz CT molecular complexity index is 337. The number of nitrogens with one attached hydrogen (secondary N) is 2. The summed E-state index contributed by atoms with van der Waals surface area (Å²) in [6, 6.07) is 4.71. The van der Waals surface area contributed by atoms with Crippen molar-refractivity contribution >= 4 is 11.5 Å². The highest BCUT2D eigenvalue weighted by Gasteiger charge is 2.29. The van der Waals surface area contributed by atoms with Crippen molar-refractivity contribution in [1.29, 1.82) is 0 Å². The fourth-order valence-electron chi connectivity index (χ4n) is 2.55. The molecule has 1 aromatic rings. The molecule has 1 aliphatic heterocycles. The number of fused-ring (bicyclic) bond motifs is 2. The quantitative estimate of drug-likeness (QED) is 0.656. The Hall–Kier alpha value is -1.25. The maximum atomic E-state index is 4.37. The Morgan fingerprint density at radius 3 is 3.36 bits per heavy atom. The lowest BCUT2D eigenvalue weighted by molar-refractivity contribution is 0.536. The zero-order valence-electron chi connectivity index (χ0n) is 8.16. The van der Waals surface area contributed by atoms with Crippen molar-refractivity contribution in [2.75, 3.05) is 17.2 Å². The van der Waals surface area contributed by atoms with Crippen molar-refractivity contribution in [3.8, 4) is 0 Å². The van der Waals surface area contributed by atoms with E-state index in [2.05, 4.69) is 21.7 Å². The summed E-state index contributed by atoms with van der Waals surface area (Å²) in [5.41, 5.74) is 1.15. The molecule has 0 spiro atoms. The zero-order valence-corrected chi connectivity index (χ0v) is 8.16. The Morgan fingerprint density at radius 2 is 2.36 bits per heavy atom. The van der Waals surface area contributed by atoms with Crippen LogP contribution in [0.15, 0.2) is 18.3 Å². The normalized spacial score (nSPS) is 29.4. The minimum atomic E-state index is 0.638. The van der Waals surface area contributed by atoms with Crippen molar-refractivity contribution in [2.45, 2.75) is 25.3 Å². The van der Waals surface area contributed by atoms with E-state index in [1.54, 1.807) is 0 Å². The molecule has 3 rings (SSSR count). The summed E-state index contributed by atoms with van der Waals surface area (Å²) in [7, 11) is 0. The molecule has 0 radical (unpaired) electrons. The first-order valence-corrected chi connectivity index (χ1v) is 5.39. The number of hydrogen-bond donors (Lipinski definition) is 2. The molecule has 1 fully saturated rings. The average Bonchev–Trinajstić information content (AvgIpc) is 2.58. The summed E-state index contributed by atoms with van der Waals surface area (Å²) >= 11 is 0. The summed E-state index contributed by atoms with van der Waals surface area (Å²) in [6.07, 6.45) is 5.84. The monoisotopic (exact) mass is 189 g/mol. The molecule has 2 N–H and O–H groups in total. The first-order valence-electron chi connectivity index (χ1n) is 5.39. The number of anilines is 2. The van der Waals surface area contributed by atoms with Gasteiger partial charge in [0.2, 0.25) is 0 Å². The smallest absolute Gasteiger partial charge is 0.149 e. The second-order valence-electron chi connectivity index (χ2n) is 4.22. The van der Waals surface area contributed by atoms with Crippen LogP contribution >= 0.6 is 0 Å². The number of pyridine rings is 1. The van der Waals surface area contributed by atoms with Gasteiger partial charge in [-0.1, -0.05) is 6.42 Å². The van der Waals surface area contributed by atoms with Gasteiger partial charge in [-0.25, -0.2) is 4.98 Å². The van der Waals surface area contributed by atoms with Crippen LogP contribution in [0.25, 0.3) is 0 Å². The molecule has 0 bridgehead atoms. The van der Waals surface area contributed by atoms with E-state index in [0.717, 1.165) is 24.0 Å². The van der Waals surface area contributed by atoms with Gasteiger partial charge in [0.25, 0.3) is 0 Å². The summed E-state index contributed by atoms with van der Waals surface area (Å²) in [6.45, 7) is 1.09. The predicted molar refractivity (Wildman–Crippen MR) is 57.5 cm³/mol. The molecule has 2 aliphatic rings. The van der Waals surface area contributed by atoms with Crippen molar-refractivity contribution in [3.05, 3.63) is 18.3 Å². The zero-order chi connectivity index (χ0) is 9.38. The number of rotatable bonds is 0. The summed E-state index contributed by atoms with van der Waals surface area (Å²) in [5.74, 6) is 1.81. The molecule has 2 unspecified atom stereocenters. The van der Waals surface area contributed by atoms with Crippen molar-refractivity contribution in [2.24, 2.45) is 5.92 Å². The minimum Gasteiger partial charge on any atom is -0.382 e. The van der Waals surface area contributed by atoms with Gasteiger partial charge in [0.15, 0.2) is 0 Å². The van der Waals surface area contributed by atoms with Gasteiger partial charge in [0.1, 0.15) is 5.82 Å².